The zero-order valence-electron chi connectivity index (χ0n) is 19.9. The molecular formula is C23H35N5O7S. The lowest BCUT2D eigenvalue weighted by atomic mass is 10.0. The summed E-state index contributed by atoms with van der Waals surface area (Å²) < 4.78 is 0. The number of amides is 3. The van der Waals surface area contributed by atoms with Gasteiger partial charge in [0.1, 0.15) is 18.1 Å². The molecule has 0 fully saturated rings. The smallest absolute Gasteiger partial charge is 0.326 e. The van der Waals surface area contributed by atoms with E-state index in [2.05, 4.69) is 28.6 Å². The first kappa shape index (κ1) is 30.9. The van der Waals surface area contributed by atoms with E-state index < -0.39 is 60.2 Å². The average molecular weight is 526 g/mol. The first-order valence-electron chi connectivity index (χ1n) is 11.5. The number of hydrogen-bond acceptors (Lipinski definition) is 8. The Bertz CT molecular complexity index is 887. The molecule has 200 valence electrons. The highest BCUT2D eigenvalue weighted by molar-refractivity contribution is 7.80. The van der Waals surface area contributed by atoms with Crippen LogP contribution >= 0.6 is 12.6 Å². The molecule has 0 aromatic heterocycles. The van der Waals surface area contributed by atoms with Crippen LogP contribution < -0.4 is 27.4 Å². The summed E-state index contributed by atoms with van der Waals surface area (Å²) in [6, 6.07) is 4.06. The fraction of sp³-hybridized carbons (Fsp3) is 0.522. The minimum absolute atomic E-state index is 0.00120. The third kappa shape index (κ3) is 11.5. The minimum Gasteiger partial charge on any atom is -0.481 e. The van der Waals surface area contributed by atoms with Crippen LogP contribution in [-0.2, 0) is 30.4 Å². The molecule has 0 saturated heterocycles. The van der Waals surface area contributed by atoms with Crippen LogP contribution in [0.25, 0.3) is 0 Å². The Morgan fingerprint density at radius 1 is 0.833 bits per heavy atom. The molecule has 9 N–H and O–H groups in total. The van der Waals surface area contributed by atoms with Crippen molar-refractivity contribution in [2.75, 3.05) is 12.3 Å². The third-order valence-corrected chi connectivity index (χ3v) is 5.68. The van der Waals surface area contributed by atoms with Gasteiger partial charge in [0, 0.05) is 18.6 Å². The second-order valence-corrected chi connectivity index (χ2v) is 8.58. The first-order valence-corrected chi connectivity index (χ1v) is 12.2. The maximum atomic E-state index is 13.0. The number of nitrogens with two attached hydrogens (primary N) is 2. The number of nitrogens with one attached hydrogen (secondary N) is 3. The summed E-state index contributed by atoms with van der Waals surface area (Å²) in [4.78, 5) is 61.0. The molecule has 1 aromatic carbocycles. The largest absolute Gasteiger partial charge is 0.481 e. The van der Waals surface area contributed by atoms with Gasteiger partial charge in [-0.25, -0.2) is 4.79 Å². The molecule has 0 heterocycles. The summed E-state index contributed by atoms with van der Waals surface area (Å²) in [5.41, 5.74) is 11.9. The second-order valence-electron chi connectivity index (χ2n) is 8.22. The van der Waals surface area contributed by atoms with Crippen LogP contribution in [0, 0.1) is 0 Å². The third-order valence-electron chi connectivity index (χ3n) is 5.29. The molecule has 13 heteroatoms. The first-order chi connectivity index (χ1) is 17.1. The van der Waals surface area contributed by atoms with E-state index >= 15 is 0 Å². The van der Waals surface area contributed by atoms with E-state index in [1.807, 2.05) is 0 Å². The van der Waals surface area contributed by atoms with E-state index in [1.165, 1.54) is 0 Å². The molecule has 0 aliphatic rings. The number of carboxylic acids is 2. The van der Waals surface area contributed by atoms with Gasteiger partial charge in [-0.3, -0.25) is 19.2 Å². The van der Waals surface area contributed by atoms with Gasteiger partial charge in [-0.1, -0.05) is 30.3 Å². The van der Waals surface area contributed by atoms with E-state index in [-0.39, 0.29) is 25.0 Å². The van der Waals surface area contributed by atoms with Gasteiger partial charge in [0.15, 0.2) is 0 Å². The van der Waals surface area contributed by atoms with Crippen LogP contribution in [0.15, 0.2) is 30.3 Å². The SMILES string of the molecule is NCCCCC(NC(=O)C(CCC(=O)O)NC(=O)C(N)CS)C(=O)NC(Cc1ccccc1)C(=O)O. The number of aliphatic carboxylic acids is 2. The van der Waals surface area contributed by atoms with Gasteiger partial charge in [-0.05, 0) is 37.8 Å². The Labute approximate surface area is 215 Å². The van der Waals surface area contributed by atoms with Crippen LogP contribution in [0.5, 0.6) is 0 Å². The number of carboxylic acid groups (broad SMARTS) is 2. The number of rotatable bonds is 17. The van der Waals surface area contributed by atoms with Gasteiger partial charge in [0.05, 0.1) is 6.04 Å². The number of carbonyl (C=O) groups is 5. The Balaban J connectivity index is 3.01. The molecule has 36 heavy (non-hydrogen) atoms. The Hall–Kier alpha value is -3.16. The molecule has 3 amide bonds. The van der Waals surface area contributed by atoms with Crippen molar-refractivity contribution in [2.24, 2.45) is 11.5 Å². The van der Waals surface area contributed by atoms with E-state index in [0.29, 0.717) is 24.9 Å². The topological polar surface area (TPSA) is 214 Å². The molecule has 0 bridgehead atoms. The maximum absolute atomic E-state index is 13.0. The van der Waals surface area contributed by atoms with Gasteiger partial charge < -0.3 is 37.6 Å². The number of benzene rings is 1. The fourth-order valence-corrected chi connectivity index (χ4v) is 3.42. The summed E-state index contributed by atoms with van der Waals surface area (Å²) in [5.74, 6) is -4.64. The molecule has 12 nitrogen and oxygen atoms in total. The van der Waals surface area contributed by atoms with Crippen LogP contribution in [0.3, 0.4) is 0 Å². The second kappa shape index (κ2) is 16.5. The highest BCUT2D eigenvalue weighted by Crippen LogP contribution is 2.08. The predicted octanol–water partition coefficient (Wildman–Crippen LogP) is -0.981. The molecule has 0 saturated carbocycles. The summed E-state index contributed by atoms with van der Waals surface area (Å²) in [5, 5.41) is 26.0. The quantitative estimate of drug-likeness (QED) is 0.0925. The highest BCUT2D eigenvalue weighted by Gasteiger charge is 2.30. The zero-order valence-corrected chi connectivity index (χ0v) is 20.8. The van der Waals surface area contributed by atoms with Gasteiger partial charge in [0.25, 0.3) is 0 Å². The van der Waals surface area contributed by atoms with Crippen LogP contribution in [0.1, 0.15) is 37.7 Å². The van der Waals surface area contributed by atoms with Crippen molar-refractivity contribution in [3.8, 4) is 0 Å². The Kier molecular flexibility index (Phi) is 14.1. The van der Waals surface area contributed by atoms with Crippen molar-refractivity contribution < 1.29 is 34.2 Å². The molecular weight excluding hydrogens is 490 g/mol. The Morgan fingerprint density at radius 3 is 1.92 bits per heavy atom. The van der Waals surface area contributed by atoms with Crippen molar-refractivity contribution in [2.45, 2.75) is 62.7 Å². The predicted molar refractivity (Wildman–Crippen MR) is 135 cm³/mol. The molecule has 4 atom stereocenters. The average Bonchev–Trinajstić information content (AvgIpc) is 2.85. The molecule has 0 aliphatic heterocycles. The monoisotopic (exact) mass is 525 g/mol. The van der Waals surface area contributed by atoms with E-state index in [9.17, 15) is 29.1 Å². The maximum Gasteiger partial charge on any atom is 0.326 e. The number of thiol groups is 1. The normalized spacial score (nSPS) is 14.1. The molecule has 4 unspecified atom stereocenters. The summed E-state index contributed by atoms with van der Waals surface area (Å²) >= 11 is 3.94. The molecule has 1 aromatic rings. The fourth-order valence-electron chi connectivity index (χ4n) is 3.25. The number of carbonyl (C=O) groups excluding carboxylic acids is 3. The number of hydrogen-bond donors (Lipinski definition) is 8. The van der Waals surface area contributed by atoms with Crippen LogP contribution in [0.2, 0.25) is 0 Å². The van der Waals surface area contributed by atoms with E-state index in [1.54, 1.807) is 30.3 Å². The lowest BCUT2D eigenvalue weighted by molar-refractivity contribution is -0.142. The van der Waals surface area contributed by atoms with Crippen molar-refractivity contribution in [1.29, 1.82) is 0 Å². The molecule has 0 spiro atoms. The lowest BCUT2D eigenvalue weighted by Crippen LogP contribution is -2.57. The summed E-state index contributed by atoms with van der Waals surface area (Å²) in [7, 11) is 0. The Morgan fingerprint density at radius 2 is 1.39 bits per heavy atom. The number of unbranched alkanes of at least 4 members (excludes halogenated alkanes) is 1. The van der Waals surface area contributed by atoms with E-state index in [0.717, 1.165) is 0 Å². The van der Waals surface area contributed by atoms with Crippen LogP contribution in [0.4, 0.5) is 0 Å². The van der Waals surface area contributed by atoms with Crippen molar-refractivity contribution >= 4 is 42.3 Å². The molecule has 1 rings (SSSR count). The summed E-state index contributed by atoms with van der Waals surface area (Å²) in [6.07, 6.45) is 0.544. The van der Waals surface area contributed by atoms with Crippen molar-refractivity contribution in [3.63, 3.8) is 0 Å². The van der Waals surface area contributed by atoms with E-state index in [4.69, 9.17) is 16.6 Å². The van der Waals surface area contributed by atoms with Gasteiger partial charge >= 0.3 is 11.9 Å². The molecule has 0 radical (unpaired) electrons. The van der Waals surface area contributed by atoms with Crippen LogP contribution in [-0.4, -0.2) is 76.3 Å². The van der Waals surface area contributed by atoms with Gasteiger partial charge in [-0.15, -0.1) is 0 Å². The standard InChI is InChI=1S/C23H35N5O7S/c24-11-5-4-8-16(21(32)28-18(23(34)35)12-14-6-2-1-3-7-14)27-22(33)17(9-10-19(29)30)26-20(31)15(25)13-36/h1-3,6-7,15-18,36H,4-5,8-13,24-25H2,(H,26,31)(H,27,33)(H,28,32)(H,29,30)(H,34,35). The summed E-state index contributed by atoms with van der Waals surface area (Å²) in [6.45, 7) is 0.354. The van der Waals surface area contributed by atoms with Crippen molar-refractivity contribution in [1.82, 2.24) is 16.0 Å². The highest BCUT2D eigenvalue weighted by atomic mass is 32.1. The lowest BCUT2D eigenvalue weighted by Gasteiger charge is -2.25. The van der Waals surface area contributed by atoms with Crippen molar-refractivity contribution in [3.05, 3.63) is 35.9 Å². The minimum atomic E-state index is -1.27. The zero-order chi connectivity index (χ0) is 27.1. The van der Waals surface area contributed by atoms with Gasteiger partial charge in [-0.2, -0.15) is 12.6 Å². The van der Waals surface area contributed by atoms with Gasteiger partial charge in [0.2, 0.25) is 17.7 Å². The molecule has 0 aliphatic carbocycles.